The van der Waals surface area contributed by atoms with E-state index in [1.165, 1.54) is 25.7 Å². The Bertz CT molecular complexity index is 132. The Morgan fingerprint density at radius 1 is 1.18 bits per heavy atom. The Balaban J connectivity index is 1.79. The summed E-state index contributed by atoms with van der Waals surface area (Å²) in [6.07, 6.45) is 6.97. The van der Waals surface area contributed by atoms with Gasteiger partial charge in [0.05, 0.1) is 18.8 Å². The van der Waals surface area contributed by atoms with Gasteiger partial charge < -0.3 is 9.84 Å². The molecule has 2 fully saturated rings. The van der Waals surface area contributed by atoms with E-state index in [1.807, 2.05) is 0 Å². The minimum atomic E-state index is 0.153. The molecule has 1 aliphatic heterocycles. The van der Waals surface area contributed by atoms with Gasteiger partial charge >= 0.3 is 0 Å². The van der Waals surface area contributed by atoms with Crippen molar-refractivity contribution in [1.29, 1.82) is 0 Å². The van der Waals surface area contributed by atoms with Gasteiger partial charge in [0.15, 0.2) is 0 Å². The second kappa shape index (κ2) is 3.11. The monoisotopic (exact) mass is 156 g/mol. The predicted octanol–water partition coefficient (Wildman–Crippen LogP) is 1.33. The first-order chi connectivity index (χ1) is 5.40. The first kappa shape index (κ1) is 7.56. The Labute approximate surface area is 67.6 Å². The molecule has 1 saturated heterocycles. The standard InChI is InChI=1S/C9H16O2/c10-6-8-4-5-9(11-8)7-2-1-3-7/h7-10H,1-6H2. The van der Waals surface area contributed by atoms with Crippen molar-refractivity contribution in [3.05, 3.63) is 0 Å². The van der Waals surface area contributed by atoms with Crippen molar-refractivity contribution in [3.8, 4) is 0 Å². The normalized spacial score (nSPS) is 39.0. The number of rotatable bonds is 2. The minimum absolute atomic E-state index is 0.153. The van der Waals surface area contributed by atoms with Gasteiger partial charge in [-0.15, -0.1) is 0 Å². The Kier molecular flexibility index (Phi) is 2.14. The second-order valence-corrected chi connectivity index (χ2v) is 3.75. The van der Waals surface area contributed by atoms with Gasteiger partial charge in [-0.05, 0) is 31.6 Å². The number of hydrogen-bond acceptors (Lipinski definition) is 2. The average molecular weight is 156 g/mol. The summed E-state index contributed by atoms with van der Waals surface area (Å²) >= 11 is 0. The van der Waals surface area contributed by atoms with E-state index < -0.39 is 0 Å². The fraction of sp³-hybridized carbons (Fsp3) is 1.00. The molecule has 0 amide bonds. The zero-order valence-electron chi connectivity index (χ0n) is 6.83. The highest BCUT2D eigenvalue weighted by Crippen LogP contribution is 2.37. The SMILES string of the molecule is OCC1CCC(C2CCC2)O1. The van der Waals surface area contributed by atoms with Crippen LogP contribution in [-0.2, 0) is 4.74 Å². The van der Waals surface area contributed by atoms with E-state index >= 15 is 0 Å². The van der Waals surface area contributed by atoms with Crippen LogP contribution in [0.3, 0.4) is 0 Å². The molecule has 1 aliphatic carbocycles. The second-order valence-electron chi connectivity index (χ2n) is 3.75. The molecule has 0 bridgehead atoms. The fourth-order valence-corrected chi connectivity index (χ4v) is 2.03. The summed E-state index contributed by atoms with van der Waals surface area (Å²) in [6.45, 7) is 0.212. The van der Waals surface area contributed by atoms with Crippen LogP contribution in [0.2, 0.25) is 0 Å². The lowest BCUT2D eigenvalue weighted by molar-refractivity contribution is -0.0316. The zero-order chi connectivity index (χ0) is 7.68. The van der Waals surface area contributed by atoms with Crippen LogP contribution in [0.15, 0.2) is 0 Å². The highest BCUT2D eigenvalue weighted by atomic mass is 16.5. The van der Waals surface area contributed by atoms with Gasteiger partial charge in [-0.2, -0.15) is 0 Å². The molecular formula is C9H16O2. The summed E-state index contributed by atoms with van der Waals surface area (Å²) in [6, 6.07) is 0. The lowest BCUT2D eigenvalue weighted by atomic mass is 9.80. The maximum absolute atomic E-state index is 8.83. The predicted molar refractivity (Wildman–Crippen MR) is 42.3 cm³/mol. The van der Waals surface area contributed by atoms with Crippen molar-refractivity contribution in [2.45, 2.75) is 44.3 Å². The third-order valence-corrected chi connectivity index (χ3v) is 3.02. The van der Waals surface area contributed by atoms with Gasteiger partial charge in [0.2, 0.25) is 0 Å². The average Bonchev–Trinajstić information content (AvgIpc) is 2.32. The van der Waals surface area contributed by atoms with E-state index in [0.717, 1.165) is 12.3 Å². The van der Waals surface area contributed by atoms with E-state index in [4.69, 9.17) is 9.84 Å². The van der Waals surface area contributed by atoms with Crippen LogP contribution < -0.4 is 0 Å². The van der Waals surface area contributed by atoms with Crippen molar-refractivity contribution in [1.82, 2.24) is 0 Å². The molecule has 0 aromatic heterocycles. The summed E-state index contributed by atoms with van der Waals surface area (Å²) in [5.41, 5.74) is 0. The molecule has 0 radical (unpaired) electrons. The van der Waals surface area contributed by atoms with Crippen molar-refractivity contribution < 1.29 is 9.84 Å². The molecule has 2 heteroatoms. The lowest BCUT2D eigenvalue weighted by Gasteiger charge is -2.30. The van der Waals surface area contributed by atoms with Gasteiger partial charge in [0, 0.05) is 0 Å². The van der Waals surface area contributed by atoms with Crippen molar-refractivity contribution >= 4 is 0 Å². The third-order valence-electron chi connectivity index (χ3n) is 3.02. The molecule has 2 aliphatic rings. The molecule has 11 heavy (non-hydrogen) atoms. The Hall–Kier alpha value is -0.0800. The van der Waals surface area contributed by atoms with Gasteiger partial charge in [0.25, 0.3) is 0 Å². The number of hydrogen-bond donors (Lipinski definition) is 1. The number of aliphatic hydroxyl groups excluding tert-OH is 1. The molecule has 1 N–H and O–H groups in total. The van der Waals surface area contributed by atoms with Crippen molar-refractivity contribution in [2.24, 2.45) is 5.92 Å². The van der Waals surface area contributed by atoms with Crippen LogP contribution in [0, 0.1) is 5.92 Å². The molecule has 0 aromatic carbocycles. The molecule has 0 aromatic rings. The topological polar surface area (TPSA) is 29.5 Å². The Morgan fingerprint density at radius 2 is 2.00 bits per heavy atom. The maximum Gasteiger partial charge on any atom is 0.0810 e. The molecule has 2 nitrogen and oxygen atoms in total. The summed E-state index contributed by atoms with van der Waals surface area (Å²) in [4.78, 5) is 0. The molecule has 64 valence electrons. The molecule has 2 atom stereocenters. The smallest absolute Gasteiger partial charge is 0.0810 e. The van der Waals surface area contributed by atoms with E-state index in [1.54, 1.807) is 0 Å². The van der Waals surface area contributed by atoms with Crippen LogP contribution >= 0.6 is 0 Å². The summed E-state index contributed by atoms with van der Waals surface area (Å²) in [7, 11) is 0. The maximum atomic E-state index is 8.83. The lowest BCUT2D eigenvalue weighted by Crippen LogP contribution is -2.27. The van der Waals surface area contributed by atoms with Crippen molar-refractivity contribution in [2.75, 3.05) is 6.61 Å². The van der Waals surface area contributed by atoms with Crippen LogP contribution in [0.5, 0.6) is 0 Å². The highest BCUT2D eigenvalue weighted by molar-refractivity contribution is 4.83. The minimum Gasteiger partial charge on any atom is -0.394 e. The van der Waals surface area contributed by atoms with Crippen molar-refractivity contribution in [3.63, 3.8) is 0 Å². The van der Waals surface area contributed by atoms with E-state index in [9.17, 15) is 0 Å². The van der Waals surface area contributed by atoms with Gasteiger partial charge in [-0.1, -0.05) is 6.42 Å². The molecule has 2 unspecified atom stereocenters. The summed E-state index contributed by atoms with van der Waals surface area (Å²) in [5.74, 6) is 0.826. The van der Waals surface area contributed by atoms with E-state index in [2.05, 4.69) is 0 Å². The van der Waals surface area contributed by atoms with Gasteiger partial charge in [0.1, 0.15) is 0 Å². The van der Waals surface area contributed by atoms with Gasteiger partial charge in [-0.25, -0.2) is 0 Å². The van der Waals surface area contributed by atoms with E-state index in [-0.39, 0.29) is 12.7 Å². The quantitative estimate of drug-likeness (QED) is 0.653. The Morgan fingerprint density at radius 3 is 2.45 bits per heavy atom. The number of aliphatic hydroxyl groups is 1. The van der Waals surface area contributed by atoms with Crippen LogP contribution in [0.1, 0.15) is 32.1 Å². The van der Waals surface area contributed by atoms with E-state index in [0.29, 0.717) is 6.10 Å². The first-order valence-corrected chi connectivity index (χ1v) is 4.66. The van der Waals surface area contributed by atoms with Crippen LogP contribution in [0.25, 0.3) is 0 Å². The fourth-order valence-electron chi connectivity index (χ4n) is 2.03. The molecule has 1 heterocycles. The zero-order valence-corrected chi connectivity index (χ0v) is 6.83. The molecular weight excluding hydrogens is 140 g/mol. The highest BCUT2D eigenvalue weighted by Gasteiger charge is 2.34. The first-order valence-electron chi connectivity index (χ1n) is 4.66. The van der Waals surface area contributed by atoms with Crippen LogP contribution in [0.4, 0.5) is 0 Å². The largest absolute Gasteiger partial charge is 0.394 e. The van der Waals surface area contributed by atoms with Gasteiger partial charge in [-0.3, -0.25) is 0 Å². The molecule has 1 saturated carbocycles. The molecule has 0 spiro atoms. The summed E-state index contributed by atoms with van der Waals surface area (Å²) in [5, 5.41) is 8.83. The van der Waals surface area contributed by atoms with Crippen LogP contribution in [-0.4, -0.2) is 23.9 Å². The third kappa shape index (κ3) is 1.42. The molecule has 2 rings (SSSR count). The number of ether oxygens (including phenoxy) is 1. The summed E-state index contributed by atoms with van der Waals surface area (Å²) < 4.78 is 5.66.